The van der Waals surface area contributed by atoms with Gasteiger partial charge in [-0.15, -0.1) is 11.6 Å². The zero-order chi connectivity index (χ0) is 14.5. The first-order chi connectivity index (χ1) is 9.65. The highest BCUT2D eigenvalue weighted by Crippen LogP contribution is 2.22. The molecular formula is C14H17BrClN3O. The molecule has 1 aromatic heterocycles. The Morgan fingerprint density at radius 1 is 1.50 bits per heavy atom. The Morgan fingerprint density at radius 3 is 3.00 bits per heavy atom. The van der Waals surface area contributed by atoms with Gasteiger partial charge in [0.25, 0.3) is 0 Å². The molecule has 2 aromatic rings. The van der Waals surface area contributed by atoms with Crippen molar-refractivity contribution in [3.8, 4) is 0 Å². The minimum absolute atomic E-state index is 0.0566. The van der Waals surface area contributed by atoms with Crippen LogP contribution in [0.4, 0.5) is 0 Å². The number of nitrogens with one attached hydrogen (secondary N) is 1. The Labute approximate surface area is 131 Å². The van der Waals surface area contributed by atoms with E-state index in [1.165, 1.54) is 0 Å². The van der Waals surface area contributed by atoms with Crippen LogP contribution in [0.1, 0.15) is 19.2 Å². The third-order valence-electron chi connectivity index (χ3n) is 3.04. The fourth-order valence-corrected chi connectivity index (χ4v) is 2.69. The van der Waals surface area contributed by atoms with Crippen LogP contribution in [0.5, 0.6) is 0 Å². The molecule has 2 rings (SSSR count). The van der Waals surface area contributed by atoms with Gasteiger partial charge in [0, 0.05) is 36.3 Å². The summed E-state index contributed by atoms with van der Waals surface area (Å²) in [6, 6.07) is 5.96. The van der Waals surface area contributed by atoms with Crippen LogP contribution < -0.4 is 5.32 Å². The molecular weight excluding hydrogens is 342 g/mol. The lowest BCUT2D eigenvalue weighted by molar-refractivity contribution is -0.121. The number of carbonyl (C=O) groups is 1. The second kappa shape index (κ2) is 7.09. The van der Waals surface area contributed by atoms with Crippen molar-refractivity contribution in [3.05, 3.63) is 28.5 Å². The highest BCUT2D eigenvalue weighted by molar-refractivity contribution is 9.10. The number of fused-ring (bicyclic) bond motifs is 1. The van der Waals surface area contributed by atoms with Gasteiger partial charge in [0.1, 0.15) is 5.82 Å². The Balaban J connectivity index is 2.30. The predicted molar refractivity (Wildman–Crippen MR) is 85.2 cm³/mol. The van der Waals surface area contributed by atoms with Gasteiger partial charge in [-0.2, -0.15) is 0 Å². The smallest absolute Gasteiger partial charge is 0.221 e. The Kier molecular flexibility index (Phi) is 5.43. The van der Waals surface area contributed by atoms with Crippen LogP contribution in [0.15, 0.2) is 22.7 Å². The van der Waals surface area contributed by atoms with Crippen molar-refractivity contribution < 1.29 is 4.79 Å². The molecule has 0 saturated heterocycles. The van der Waals surface area contributed by atoms with Crippen molar-refractivity contribution in [3.63, 3.8) is 0 Å². The molecule has 0 fully saturated rings. The van der Waals surface area contributed by atoms with Crippen molar-refractivity contribution in [2.75, 3.05) is 12.4 Å². The van der Waals surface area contributed by atoms with Crippen LogP contribution in [-0.2, 0) is 17.8 Å². The number of rotatable bonds is 6. The Bertz CT molecular complexity index is 612. The number of benzene rings is 1. The molecule has 0 bridgehead atoms. The molecule has 0 aliphatic rings. The van der Waals surface area contributed by atoms with E-state index in [0.717, 1.165) is 21.3 Å². The topological polar surface area (TPSA) is 46.9 Å². The minimum Gasteiger partial charge on any atom is -0.356 e. The van der Waals surface area contributed by atoms with Gasteiger partial charge in [0.15, 0.2) is 0 Å². The maximum absolute atomic E-state index is 11.6. The Hall–Kier alpha value is -1.07. The summed E-state index contributed by atoms with van der Waals surface area (Å²) in [5.74, 6) is 1.50. The fourth-order valence-electron chi connectivity index (χ4n) is 2.17. The average Bonchev–Trinajstić information content (AvgIpc) is 2.74. The molecule has 1 N–H and O–H groups in total. The van der Waals surface area contributed by atoms with Gasteiger partial charge in [-0.05, 0) is 25.1 Å². The monoisotopic (exact) mass is 357 g/mol. The maximum Gasteiger partial charge on any atom is 0.221 e. The van der Waals surface area contributed by atoms with Gasteiger partial charge in [-0.25, -0.2) is 4.98 Å². The summed E-state index contributed by atoms with van der Waals surface area (Å²) in [6.07, 6.45) is 1.14. The van der Waals surface area contributed by atoms with E-state index >= 15 is 0 Å². The number of hydrogen-bond donors (Lipinski definition) is 1. The first kappa shape index (κ1) is 15.3. The fraction of sp³-hybridized carbons (Fsp3) is 0.429. The SMILES string of the molecule is CCNC(=O)CCn1c(CCCl)nc2ccc(Br)cc21. The highest BCUT2D eigenvalue weighted by Gasteiger charge is 2.12. The summed E-state index contributed by atoms with van der Waals surface area (Å²) in [5, 5.41) is 2.81. The van der Waals surface area contributed by atoms with Crippen LogP contribution in [0.3, 0.4) is 0 Å². The number of hydrogen-bond acceptors (Lipinski definition) is 2. The van der Waals surface area contributed by atoms with E-state index in [9.17, 15) is 4.79 Å². The molecule has 1 amide bonds. The molecule has 1 heterocycles. The molecule has 6 heteroatoms. The molecule has 20 heavy (non-hydrogen) atoms. The molecule has 0 saturated carbocycles. The van der Waals surface area contributed by atoms with E-state index in [1.807, 2.05) is 25.1 Å². The number of halogens is 2. The highest BCUT2D eigenvalue weighted by atomic mass is 79.9. The molecule has 0 radical (unpaired) electrons. The molecule has 4 nitrogen and oxygen atoms in total. The number of aryl methyl sites for hydroxylation is 2. The summed E-state index contributed by atoms with van der Waals surface area (Å²) >= 11 is 9.31. The van der Waals surface area contributed by atoms with Crippen molar-refractivity contribution in [1.29, 1.82) is 0 Å². The average molecular weight is 359 g/mol. The van der Waals surface area contributed by atoms with Gasteiger partial charge in [-0.1, -0.05) is 15.9 Å². The first-order valence-electron chi connectivity index (χ1n) is 6.63. The number of nitrogens with zero attached hydrogens (tertiary/aromatic N) is 2. The number of aromatic nitrogens is 2. The molecule has 108 valence electrons. The zero-order valence-electron chi connectivity index (χ0n) is 11.3. The molecule has 0 unspecified atom stereocenters. The van der Waals surface area contributed by atoms with Gasteiger partial charge < -0.3 is 9.88 Å². The van der Waals surface area contributed by atoms with Crippen LogP contribution in [-0.4, -0.2) is 27.9 Å². The van der Waals surface area contributed by atoms with Crippen LogP contribution in [0, 0.1) is 0 Å². The van der Waals surface area contributed by atoms with Crippen molar-refractivity contribution in [1.82, 2.24) is 14.9 Å². The first-order valence-corrected chi connectivity index (χ1v) is 7.95. The standard InChI is InChI=1S/C14H17BrClN3O/c1-2-17-14(20)6-8-19-12-9-10(15)3-4-11(12)18-13(19)5-7-16/h3-4,9H,2,5-8H2,1H3,(H,17,20). The lowest BCUT2D eigenvalue weighted by atomic mass is 10.3. The summed E-state index contributed by atoms with van der Waals surface area (Å²) in [6.45, 7) is 3.19. The number of amides is 1. The second-order valence-electron chi connectivity index (χ2n) is 4.46. The number of alkyl halides is 1. The van der Waals surface area contributed by atoms with Crippen molar-refractivity contribution >= 4 is 44.5 Å². The second-order valence-corrected chi connectivity index (χ2v) is 5.75. The molecule has 0 spiro atoms. The van der Waals surface area contributed by atoms with E-state index < -0.39 is 0 Å². The van der Waals surface area contributed by atoms with Gasteiger partial charge in [0.05, 0.1) is 11.0 Å². The lowest BCUT2D eigenvalue weighted by Gasteiger charge is -2.08. The third kappa shape index (κ3) is 3.52. The summed E-state index contributed by atoms with van der Waals surface area (Å²) < 4.78 is 3.08. The third-order valence-corrected chi connectivity index (χ3v) is 3.73. The van der Waals surface area contributed by atoms with Crippen molar-refractivity contribution in [2.24, 2.45) is 0 Å². The predicted octanol–water partition coefficient (Wildman–Crippen LogP) is 3.11. The van der Waals surface area contributed by atoms with E-state index in [4.69, 9.17) is 11.6 Å². The van der Waals surface area contributed by atoms with Crippen LogP contribution in [0.25, 0.3) is 11.0 Å². The Morgan fingerprint density at radius 2 is 2.30 bits per heavy atom. The largest absolute Gasteiger partial charge is 0.356 e. The normalized spacial score (nSPS) is 10.9. The van der Waals surface area contributed by atoms with E-state index in [2.05, 4.69) is 30.8 Å². The number of imidazole rings is 1. The van der Waals surface area contributed by atoms with Crippen LogP contribution in [0.2, 0.25) is 0 Å². The minimum atomic E-state index is 0.0566. The number of carbonyl (C=O) groups excluding carboxylic acids is 1. The molecule has 0 aliphatic carbocycles. The lowest BCUT2D eigenvalue weighted by Crippen LogP contribution is -2.24. The van der Waals surface area contributed by atoms with E-state index in [0.29, 0.717) is 31.8 Å². The maximum atomic E-state index is 11.6. The van der Waals surface area contributed by atoms with Crippen molar-refractivity contribution in [2.45, 2.75) is 26.3 Å². The zero-order valence-corrected chi connectivity index (χ0v) is 13.7. The van der Waals surface area contributed by atoms with Crippen LogP contribution >= 0.6 is 27.5 Å². The van der Waals surface area contributed by atoms with Gasteiger partial charge >= 0.3 is 0 Å². The summed E-state index contributed by atoms with van der Waals surface area (Å²) in [5.41, 5.74) is 1.97. The van der Waals surface area contributed by atoms with E-state index in [1.54, 1.807) is 0 Å². The summed E-state index contributed by atoms with van der Waals surface area (Å²) in [4.78, 5) is 16.2. The molecule has 1 aromatic carbocycles. The van der Waals surface area contributed by atoms with Gasteiger partial charge in [-0.3, -0.25) is 4.79 Å². The quantitative estimate of drug-likeness (QED) is 0.807. The van der Waals surface area contributed by atoms with Gasteiger partial charge in [0.2, 0.25) is 5.91 Å². The molecule has 0 atom stereocenters. The summed E-state index contributed by atoms with van der Waals surface area (Å²) in [7, 11) is 0. The van der Waals surface area contributed by atoms with E-state index in [-0.39, 0.29) is 5.91 Å². The molecule has 0 aliphatic heterocycles.